The van der Waals surface area contributed by atoms with Gasteiger partial charge >= 0.3 is 0 Å². The van der Waals surface area contributed by atoms with E-state index in [0.717, 1.165) is 13.1 Å². The van der Waals surface area contributed by atoms with Crippen molar-refractivity contribution in [1.29, 1.82) is 0 Å². The maximum Gasteiger partial charge on any atom is 0.0334 e. The van der Waals surface area contributed by atoms with Crippen molar-refractivity contribution in [1.82, 2.24) is 10.6 Å². The Morgan fingerprint density at radius 1 is 0.417 bits per heavy atom. The van der Waals surface area contributed by atoms with Crippen LogP contribution in [0.3, 0.4) is 0 Å². The molecule has 0 aromatic rings. The first kappa shape index (κ1) is 35.9. The van der Waals surface area contributed by atoms with Gasteiger partial charge < -0.3 is 10.6 Å². The van der Waals surface area contributed by atoms with Gasteiger partial charge in [0, 0.05) is 11.6 Å². The Labute approximate surface area is 230 Å². The summed E-state index contributed by atoms with van der Waals surface area (Å²) in [5, 5.41) is 8.12. The molecule has 0 aromatic heterocycles. The summed E-state index contributed by atoms with van der Waals surface area (Å²) in [6.45, 7) is 13.8. The summed E-state index contributed by atoms with van der Waals surface area (Å²) in [5.74, 6) is 0. The summed E-state index contributed by atoms with van der Waals surface area (Å²) in [7, 11) is 0. The van der Waals surface area contributed by atoms with Gasteiger partial charge in [0.15, 0.2) is 0 Å². The number of hydrogen-bond donors (Lipinski definition) is 2. The summed E-state index contributed by atoms with van der Waals surface area (Å²) < 4.78 is 0. The molecule has 0 bridgehead atoms. The normalized spacial score (nSPS) is 12.9. The number of nitrogens with one attached hydrogen (secondary N) is 2. The minimum Gasteiger partial charge on any atom is -0.312 e. The van der Waals surface area contributed by atoms with Crippen LogP contribution in [0.15, 0.2) is 0 Å². The van der Waals surface area contributed by atoms with Crippen molar-refractivity contribution in [3.05, 3.63) is 0 Å². The fourth-order valence-corrected chi connectivity index (χ4v) is 6.22. The molecule has 218 valence electrons. The van der Waals surface area contributed by atoms with Crippen LogP contribution in [0.1, 0.15) is 195 Å². The molecule has 0 aliphatic rings. The van der Waals surface area contributed by atoms with Crippen LogP contribution in [0.4, 0.5) is 0 Å². The molecular weight excluding hydrogens is 436 g/mol. The van der Waals surface area contributed by atoms with Gasteiger partial charge in [0.1, 0.15) is 0 Å². The third-order valence-corrected chi connectivity index (χ3v) is 8.45. The van der Waals surface area contributed by atoms with Gasteiger partial charge in [0.25, 0.3) is 0 Å². The molecule has 0 aromatic carbocycles. The van der Waals surface area contributed by atoms with Crippen molar-refractivity contribution in [2.45, 2.75) is 207 Å². The summed E-state index contributed by atoms with van der Waals surface area (Å²) >= 11 is 0. The molecule has 2 heteroatoms. The Balaban J connectivity index is 4.91. The monoisotopic (exact) mass is 509 g/mol. The van der Waals surface area contributed by atoms with Crippen molar-refractivity contribution in [2.75, 3.05) is 13.1 Å². The number of likely N-dealkylation sites (N-methyl/N-ethyl adjacent to an activating group) is 2. The van der Waals surface area contributed by atoms with Crippen LogP contribution >= 0.6 is 0 Å². The van der Waals surface area contributed by atoms with E-state index in [9.17, 15) is 0 Å². The SMILES string of the molecule is CCCCCCCCCCC(CCCCCCCCCC)(NCC)C(CCCCCCCC)NCC. The van der Waals surface area contributed by atoms with E-state index in [4.69, 9.17) is 0 Å². The van der Waals surface area contributed by atoms with Crippen LogP contribution in [0.2, 0.25) is 0 Å². The molecule has 0 saturated carbocycles. The van der Waals surface area contributed by atoms with E-state index in [2.05, 4.69) is 45.3 Å². The Morgan fingerprint density at radius 2 is 0.778 bits per heavy atom. The average Bonchev–Trinajstić information content (AvgIpc) is 2.88. The maximum atomic E-state index is 4.12. The zero-order valence-corrected chi connectivity index (χ0v) is 26.2. The number of rotatable bonds is 30. The van der Waals surface area contributed by atoms with Crippen LogP contribution < -0.4 is 10.6 Å². The lowest BCUT2D eigenvalue weighted by Crippen LogP contribution is -2.59. The molecule has 2 N–H and O–H groups in total. The van der Waals surface area contributed by atoms with E-state index in [1.54, 1.807) is 0 Å². The maximum absolute atomic E-state index is 4.12. The second-order valence-corrected chi connectivity index (χ2v) is 11.8. The summed E-state index contributed by atoms with van der Waals surface area (Å²) in [6.07, 6.45) is 35.2. The molecule has 0 heterocycles. The van der Waals surface area contributed by atoms with Gasteiger partial charge in [-0.05, 0) is 32.4 Å². The van der Waals surface area contributed by atoms with E-state index in [-0.39, 0.29) is 0 Å². The topological polar surface area (TPSA) is 24.1 Å². The Kier molecular flexibility index (Phi) is 27.9. The highest BCUT2D eigenvalue weighted by atomic mass is 15.1. The highest BCUT2D eigenvalue weighted by Gasteiger charge is 2.36. The fraction of sp³-hybridized carbons (Fsp3) is 1.00. The van der Waals surface area contributed by atoms with Crippen LogP contribution in [0.25, 0.3) is 0 Å². The van der Waals surface area contributed by atoms with Gasteiger partial charge in [-0.25, -0.2) is 0 Å². The van der Waals surface area contributed by atoms with Crippen LogP contribution in [-0.4, -0.2) is 24.7 Å². The quantitative estimate of drug-likeness (QED) is 0.0942. The molecular formula is C34H72N2. The first-order valence-electron chi connectivity index (χ1n) is 17.2. The predicted molar refractivity (Wildman–Crippen MR) is 166 cm³/mol. The first-order valence-corrected chi connectivity index (χ1v) is 17.2. The minimum absolute atomic E-state index is 0.290. The lowest BCUT2D eigenvalue weighted by Gasteiger charge is -2.43. The molecule has 1 unspecified atom stereocenters. The van der Waals surface area contributed by atoms with Gasteiger partial charge in [-0.1, -0.05) is 176 Å². The molecule has 2 nitrogen and oxygen atoms in total. The Bertz CT molecular complexity index is 388. The van der Waals surface area contributed by atoms with E-state index >= 15 is 0 Å². The standard InChI is InChI=1S/C34H72N2/c1-6-11-14-17-20-22-25-28-31-34(36-10-5,32-29-26-23-21-18-15-12-7-2)33(35-9-4)30-27-24-19-16-13-8-3/h33,35-36H,6-32H2,1-5H3. The molecule has 36 heavy (non-hydrogen) atoms. The zero-order chi connectivity index (χ0) is 26.6. The van der Waals surface area contributed by atoms with Crippen LogP contribution in [0.5, 0.6) is 0 Å². The molecule has 0 aliphatic carbocycles. The summed E-state index contributed by atoms with van der Waals surface area (Å²) in [6, 6.07) is 0.628. The minimum atomic E-state index is 0.290. The molecule has 0 saturated heterocycles. The highest BCUT2D eigenvalue weighted by Crippen LogP contribution is 2.30. The van der Waals surface area contributed by atoms with Crippen LogP contribution in [0, 0.1) is 0 Å². The Morgan fingerprint density at radius 3 is 1.14 bits per heavy atom. The third-order valence-electron chi connectivity index (χ3n) is 8.45. The van der Waals surface area contributed by atoms with Crippen molar-refractivity contribution in [3.8, 4) is 0 Å². The highest BCUT2D eigenvalue weighted by molar-refractivity contribution is 4.98. The molecule has 0 fully saturated rings. The van der Waals surface area contributed by atoms with E-state index < -0.39 is 0 Å². The molecule has 0 spiro atoms. The molecule has 1 atom stereocenters. The van der Waals surface area contributed by atoms with E-state index in [1.165, 1.54) is 161 Å². The van der Waals surface area contributed by atoms with E-state index in [1.807, 2.05) is 0 Å². The molecule has 0 rings (SSSR count). The lowest BCUT2D eigenvalue weighted by molar-refractivity contribution is 0.181. The fourth-order valence-electron chi connectivity index (χ4n) is 6.22. The molecule has 0 aliphatic heterocycles. The largest absolute Gasteiger partial charge is 0.312 e. The number of unbranched alkanes of at least 4 members (excludes halogenated alkanes) is 19. The van der Waals surface area contributed by atoms with Gasteiger partial charge in [-0.15, -0.1) is 0 Å². The van der Waals surface area contributed by atoms with Gasteiger partial charge in [-0.3, -0.25) is 0 Å². The van der Waals surface area contributed by atoms with Crippen molar-refractivity contribution >= 4 is 0 Å². The smallest absolute Gasteiger partial charge is 0.0334 e. The van der Waals surface area contributed by atoms with Crippen molar-refractivity contribution < 1.29 is 0 Å². The van der Waals surface area contributed by atoms with Gasteiger partial charge in [0.2, 0.25) is 0 Å². The second-order valence-electron chi connectivity index (χ2n) is 11.8. The van der Waals surface area contributed by atoms with Crippen LogP contribution in [-0.2, 0) is 0 Å². The zero-order valence-electron chi connectivity index (χ0n) is 26.2. The molecule has 0 amide bonds. The number of hydrogen-bond acceptors (Lipinski definition) is 2. The predicted octanol–water partition coefficient (Wildman–Crippen LogP) is 11.1. The average molecular weight is 509 g/mol. The van der Waals surface area contributed by atoms with E-state index in [0.29, 0.717) is 11.6 Å². The van der Waals surface area contributed by atoms with Gasteiger partial charge in [-0.2, -0.15) is 0 Å². The Hall–Kier alpha value is -0.0800. The third kappa shape index (κ3) is 20.0. The van der Waals surface area contributed by atoms with Crippen molar-refractivity contribution in [3.63, 3.8) is 0 Å². The first-order chi connectivity index (χ1) is 17.7. The molecule has 0 radical (unpaired) electrons. The van der Waals surface area contributed by atoms with Gasteiger partial charge in [0.05, 0.1) is 0 Å². The lowest BCUT2D eigenvalue weighted by atomic mass is 9.77. The summed E-state index contributed by atoms with van der Waals surface area (Å²) in [5.41, 5.74) is 0.290. The summed E-state index contributed by atoms with van der Waals surface area (Å²) in [4.78, 5) is 0. The second kappa shape index (κ2) is 27.9. The van der Waals surface area contributed by atoms with Crippen molar-refractivity contribution in [2.24, 2.45) is 0 Å².